The van der Waals surface area contributed by atoms with Crippen molar-refractivity contribution in [1.29, 1.82) is 0 Å². The Morgan fingerprint density at radius 3 is 2.09 bits per heavy atom. The molecule has 0 saturated carbocycles. The van der Waals surface area contributed by atoms with Gasteiger partial charge in [-0.25, -0.2) is 4.98 Å². The van der Waals surface area contributed by atoms with E-state index in [0.717, 1.165) is 21.6 Å². The van der Waals surface area contributed by atoms with E-state index < -0.39 is 29.7 Å². The number of aromatic nitrogens is 1. The molecule has 1 aliphatic rings. The SMILES string of the molecule is NC(=O)[C@@H]1[C@@H](Cc2ccnc(N)c2)C(=O)N1C(=O)CC(c1ccccc1)c1ccccc1. The van der Waals surface area contributed by atoms with Crippen molar-refractivity contribution in [1.82, 2.24) is 9.88 Å². The number of nitrogens with two attached hydrogens (primary N) is 2. The Morgan fingerprint density at radius 1 is 0.969 bits per heavy atom. The molecule has 7 heteroatoms. The molecule has 1 fully saturated rings. The zero-order chi connectivity index (χ0) is 22.7. The highest BCUT2D eigenvalue weighted by atomic mass is 16.2. The number of pyridine rings is 1. The summed E-state index contributed by atoms with van der Waals surface area (Å²) in [7, 11) is 0. The molecule has 0 aliphatic carbocycles. The molecule has 1 aromatic heterocycles. The van der Waals surface area contributed by atoms with E-state index in [4.69, 9.17) is 11.5 Å². The number of benzene rings is 2. The predicted octanol–water partition coefficient (Wildman–Crippen LogP) is 2.27. The van der Waals surface area contributed by atoms with E-state index in [2.05, 4.69) is 4.98 Å². The number of nitrogen functional groups attached to an aromatic ring is 1. The molecule has 162 valence electrons. The first-order chi connectivity index (χ1) is 15.5. The third kappa shape index (κ3) is 4.23. The van der Waals surface area contributed by atoms with Gasteiger partial charge in [-0.05, 0) is 35.2 Å². The summed E-state index contributed by atoms with van der Waals surface area (Å²) in [6.07, 6.45) is 1.86. The van der Waals surface area contributed by atoms with Crippen molar-refractivity contribution in [3.63, 3.8) is 0 Å². The van der Waals surface area contributed by atoms with Crippen molar-refractivity contribution in [2.75, 3.05) is 5.73 Å². The molecule has 2 atom stereocenters. The maximum Gasteiger partial charge on any atom is 0.241 e. The van der Waals surface area contributed by atoms with Crippen LogP contribution in [0.4, 0.5) is 5.82 Å². The summed E-state index contributed by atoms with van der Waals surface area (Å²) in [6, 6.07) is 21.7. The van der Waals surface area contributed by atoms with Crippen LogP contribution in [-0.2, 0) is 20.8 Å². The van der Waals surface area contributed by atoms with E-state index in [1.807, 2.05) is 60.7 Å². The number of likely N-dealkylation sites (tertiary alicyclic amines) is 1. The third-order valence-electron chi connectivity index (χ3n) is 5.86. The van der Waals surface area contributed by atoms with E-state index in [1.54, 1.807) is 18.3 Å². The highest BCUT2D eigenvalue weighted by Gasteiger charge is 2.53. The highest BCUT2D eigenvalue weighted by Crippen LogP contribution is 2.34. The molecule has 7 nitrogen and oxygen atoms in total. The molecule has 0 radical (unpaired) electrons. The second kappa shape index (κ2) is 9.01. The zero-order valence-corrected chi connectivity index (χ0v) is 17.4. The fraction of sp³-hybridized carbons (Fsp3) is 0.200. The van der Waals surface area contributed by atoms with Crippen LogP contribution < -0.4 is 11.5 Å². The van der Waals surface area contributed by atoms with Gasteiger partial charge in [0.15, 0.2) is 0 Å². The number of carbonyl (C=O) groups is 3. The van der Waals surface area contributed by atoms with Gasteiger partial charge in [0.25, 0.3) is 0 Å². The lowest BCUT2D eigenvalue weighted by Crippen LogP contribution is -2.68. The molecule has 4 rings (SSSR count). The summed E-state index contributed by atoms with van der Waals surface area (Å²) in [6.45, 7) is 0. The van der Waals surface area contributed by atoms with Crippen LogP contribution in [0.25, 0.3) is 0 Å². The average molecular weight is 428 g/mol. The lowest BCUT2D eigenvalue weighted by atomic mass is 9.80. The second-order valence-electron chi connectivity index (χ2n) is 7.93. The van der Waals surface area contributed by atoms with Gasteiger partial charge < -0.3 is 11.5 Å². The summed E-state index contributed by atoms with van der Waals surface area (Å²) in [5.74, 6) is -2.11. The number of primary amides is 1. The first kappa shape index (κ1) is 21.2. The van der Waals surface area contributed by atoms with E-state index in [9.17, 15) is 14.4 Å². The van der Waals surface area contributed by atoms with Crippen LogP contribution in [0.1, 0.15) is 29.0 Å². The molecule has 4 N–H and O–H groups in total. The Bertz CT molecular complexity index is 1090. The van der Waals surface area contributed by atoms with Crippen LogP contribution in [0.5, 0.6) is 0 Å². The Hall–Kier alpha value is -4.00. The van der Waals surface area contributed by atoms with E-state index in [1.165, 1.54) is 0 Å². The van der Waals surface area contributed by atoms with Gasteiger partial charge in [0.2, 0.25) is 17.7 Å². The van der Waals surface area contributed by atoms with Gasteiger partial charge >= 0.3 is 0 Å². The minimum atomic E-state index is -0.975. The Labute approximate surface area is 186 Å². The third-order valence-corrected chi connectivity index (χ3v) is 5.86. The van der Waals surface area contributed by atoms with Crippen molar-refractivity contribution in [3.05, 3.63) is 95.7 Å². The molecule has 0 bridgehead atoms. The maximum atomic E-state index is 13.2. The molecule has 2 aromatic carbocycles. The van der Waals surface area contributed by atoms with Crippen LogP contribution in [0.2, 0.25) is 0 Å². The number of β-lactam (4-membered cyclic amide) rings is 1. The number of carbonyl (C=O) groups excluding carboxylic acids is 3. The van der Waals surface area contributed by atoms with Gasteiger partial charge in [-0.1, -0.05) is 60.7 Å². The molecule has 0 unspecified atom stereocenters. The quantitative estimate of drug-likeness (QED) is 0.560. The summed E-state index contributed by atoms with van der Waals surface area (Å²) < 4.78 is 0. The van der Waals surface area contributed by atoms with Gasteiger partial charge in [0.05, 0.1) is 5.92 Å². The number of hydrogen-bond acceptors (Lipinski definition) is 5. The normalized spacial score (nSPS) is 17.8. The van der Waals surface area contributed by atoms with Crippen molar-refractivity contribution in [2.45, 2.75) is 24.8 Å². The first-order valence-corrected chi connectivity index (χ1v) is 10.4. The molecular formula is C25H24N4O3. The maximum absolute atomic E-state index is 13.2. The minimum absolute atomic E-state index is 0.0540. The first-order valence-electron chi connectivity index (χ1n) is 10.4. The Morgan fingerprint density at radius 2 is 1.56 bits per heavy atom. The molecule has 32 heavy (non-hydrogen) atoms. The highest BCUT2D eigenvalue weighted by molar-refractivity contribution is 6.09. The lowest BCUT2D eigenvalue weighted by Gasteiger charge is -2.44. The number of nitrogens with zero attached hydrogens (tertiary/aromatic N) is 2. The van der Waals surface area contributed by atoms with E-state index in [-0.39, 0.29) is 18.8 Å². The van der Waals surface area contributed by atoms with E-state index in [0.29, 0.717) is 5.82 Å². The predicted molar refractivity (Wildman–Crippen MR) is 120 cm³/mol. The Kier molecular flexibility index (Phi) is 5.98. The lowest BCUT2D eigenvalue weighted by molar-refractivity contribution is -0.170. The van der Waals surface area contributed by atoms with Crippen molar-refractivity contribution < 1.29 is 14.4 Å². The molecule has 1 aliphatic heterocycles. The summed E-state index contributed by atoms with van der Waals surface area (Å²) in [5.41, 5.74) is 14.0. The molecule has 2 heterocycles. The smallest absolute Gasteiger partial charge is 0.241 e. The van der Waals surface area contributed by atoms with Gasteiger partial charge in [0, 0.05) is 18.5 Å². The van der Waals surface area contributed by atoms with Crippen LogP contribution >= 0.6 is 0 Å². The largest absolute Gasteiger partial charge is 0.384 e. The standard InChI is InChI=1S/C25H24N4O3/c26-21-14-16(11-12-28-21)13-20-23(24(27)31)29(25(20)32)22(30)15-19(17-7-3-1-4-8-17)18-9-5-2-6-10-18/h1-12,14,19-20,23H,13,15H2,(H2,26,28)(H2,27,31)/t20-,23+/m1/s1. The van der Waals surface area contributed by atoms with Gasteiger partial charge in [-0.3, -0.25) is 19.3 Å². The topological polar surface area (TPSA) is 119 Å². The van der Waals surface area contributed by atoms with Crippen LogP contribution in [0.3, 0.4) is 0 Å². The number of hydrogen-bond donors (Lipinski definition) is 2. The van der Waals surface area contributed by atoms with Crippen molar-refractivity contribution >= 4 is 23.5 Å². The fourth-order valence-electron chi connectivity index (χ4n) is 4.30. The molecule has 1 saturated heterocycles. The number of amides is 3. The Balaban J connectivity index is 1.56. The second-order valence-corrected chi connectivity index (χ2v) is 7.93. The van der Waals surface area contributed by atoms with Gasteiger partial charge in [0.1, 0.15) is 11.9 Å². The van der Waals surface area contributed by atoms with Gasteiger partial charge in [-0.2, -0.15) is 0 Å². The van der Waals surface area contributed by atoms with Crippen molar-refractivity contribution in [3.8, 4) is 0 Å². The molecule has 3 amide bonds. The van der Waals surface area contributed by atoms with Crippen molar-refractivity contribution in [2.24, 2.45) is 11.7 Å². The van der Waals surface area contributed by atoms with Crippen LogP contribution in [-0.4, -0.2) is 33.6 Å². The molecule has 3 aromatic rings. The number of imide groups is 1. The molecular weight excluding hydrogens is 404 g/mol. The average Bonchev–Trinajstić information content (AvgIpc) is 2.80. The zero-order valence-electron chi connectivity index (χ0n) is 17.4. The number of anilines is 1. The molecule has 0 spiro atoms. The number of rotatable bonds is 7. The monoisotopic (exact) mass is 428 g/mol. The van der Waals surface area contributed by atoms with Crippen LogP contribution in [0.15, 0.2) is 79.0 Å². The van der Waals surface area contributed by atoms with E-state index >= 15 is 0 Å². The fourth-order valence-corrected chi connectivity index (χ4v) is 4.30. The summed E-state index contributed by atoms with van der Waals surface area (Å²) in [4.78, 5) is 43.3. The van der Waals surface area contributed by atoms with Gasteiger partial charge in [-0.15, -0.1) is 0 Å². The summed E-state index contributed by atoms with van der Waals surface area (Å²) >= 11 is 0. The summed E-state index contributed by atoms with van der Waals surface area (Å²) in [5, 5.41) is 0. The van der Waals surface area contributed by atoms with Crippen LogP contribution in [0, 0.1) is 5.92 Å². The minimum Gasteiger partial charge on any atom is -0.384 e.